The Morgan fingerprint density at radius 2 is 1.80 bits per heavy atom. The zero-order valence-corrected chi connectivity index (χ0v) is 23.7. The third-order valence-electron chi connectivity index (χ3n) is 7.90. The van der Waals surface area contributed by atoms with Gasteiger partial charge >= 0.3 is 5.97 Å². The molecular weight excluding hydrogens is 526 g/mol. The number of nitrogens with zero attached hydrogens (tertiary/aromatic N) is 6. The molecule has 3 aromatic heterocycles. The zero-order valence-electron chi connectivity index (χ0n) is 22.8. The highest BCUT2D eigenvalue weighted by atomic mass is 32.1. The Morgan fingerprint density at radius 3 is 2.62 bits per heavy atom. The first-order valence-corrected chi connectivity index (χ1v) is 15.2. The molecule has 0 bridgehead atoms. The maximum Gasteiger partial charge on any atom is 0.303 e. The van der Waals surface area contributed by atoms with Crippen molar-refractivity contribution >= 4 is 44.2 Å². The number of hydrogen-bond donors (Lipinski definition) is 2. The molecule has 2 aliphatic rings. The molecule has 0 atom stereocenters. The van der Waals surface area contributed by atoms with Crippen LogP contribution in [0.15, 0.2) is 30.5 Å². The number of rotatable bonds is 11. The number of morpholine rings is 1. The van der Waals surface area contributed by atoms with E-state index in [0.717, 1.165) is 116 Å². The summed E-state index contributed by atoms with van der Waals surface area (Å²) in [6.07, 6.45) is 6.19. The number of benzene rings is 1. The predicted molar refractivity (Wildman–Crippen MR) is 158 cm³/mol. The van der Waals surface area contributed by atoms with E-state index in [1.807, 2.05) is 29.7 Å². The molecule has 4 aromatic rings. The standard InChI is InChI=1S/C29H37N7O3S/c37-26(38)8-3-1-2-4-9-34-10-12-35(13-11-34)20-21-18-25-27(40-21)29(36-14-16-39-17-15-36)32-28(31-25)22-6-5-7-24-23(22)19-30-33-24/h5-7,18-19H,1-4,8-17,20H2,(H,30,33)(H,37,38). The first kappa shape index (κ1) is 27.1. The number of hydrogen-bond acceptors (Lipinski definition) is 9. The summed E-state index contributed by atoms with van der Waals surface area (Å²) in [6.45, 7) is 9.40. The van der Waals surface area contributed by atoms with E-state index < -0.39 is 5.97 Å². The third kappa shape index (κ3) is 6.27. The van der Waals surface area contributed by atoms with Crippen molar-refractivity contribution in [3.63, 3.8) is 0 Å². The maximum absolute atomic E-state index is 10.7. The van der Waals surface area contributed by atoms with Gasteiger partial charge < -0.3 is 19.6 Å². The number of carbonyl (C=O) groups is 1. The fourth-order valence-electron chi connectivity index (χ4n) is 5.67. The van der Waals surface area contributed by atoms with E-state index in [0.29, 0.717) is 13.2 Å². The molecule has 2 N–H and O–H groups in total. The number of ether oxygens (including phenoxy) is 1. The molecule has 5 heterocycles. The lowest BCUT2D eigenvalue weighted by atomic mass is 10.1. The van der Waals surface area contributed by atoms with Crippen molar-refractivity contribution in [1.29, 1.82) is 0 Å². The van der Waals surface area contributed by atoms with Crippen LogP contribution in [0.3, 0.4) is 0 Å². The molecule has 212 valence electrons. The number of aromatic amines is 1. The van der Waals surface area contributed by atoms with Crippen molar-refractivity contribution in [2.24, 2.45) is 0 Å². The molecular formula is C29H37N7O3S. The topological polar surface area (TPSA) is 111 Å². The van der Waals surface area contributed by atoms with E-state index in [-0.39, 0.29) is 6.42 Å². The minimum Gasteiger partial charge on any atom is -0.481 e. The number of piperazine rings is 1. The summed E-state index contributed by atoms with van der Waals surface area (Å²) in [5.74, 6) is 1.06. The molecule has 40 heavy (non-hydrogen) atoms. The SMILES string of the molecule is O=C(O)CCCCCCN1CCN(Cc2cc3nc(-c4cccc5[nH]ncc45)nc(N4CCOCC4)c3s2)CC1. The summed E-state index contributed by atoms with van der Waals surface area (Å²) in [7, 11) is 0. The first-order valence-electron chi connectivity index (χ1n) is 14.4. The molecule has 0 radical (unpaired) electrons. The Bertz CT molecular complexity index is 1440. The first-order chi connectivity index (χ1) is 19.6. The molecule has 2 saturated heterocycles. The molecule has 0 amide bonds. The Balaban J connectivity index is 1.14. The van der Waals surface area contributed by atoms with Gasteiger partial charge in [0.15, 0.2) is 11.6 Å². The van der Waals surface area contributed by atoms with Crippen LogP contribution in [0.2, 0.25) is 0 Å². The molecule has 0 aliphatic carbocycles. The van der Waals surface area contributed by atoms with Gasteiger partial charge in [-0.2, -0.15) is 5.10 Å². The molecule has 10 nitrogen and oxygen atoms in total. The number of unbranched alkanes of at least 4 members (excludes halogenated alkanes) is 3. The van der Waals surface area contributed by atoms with Gasteiger partial charge in [-0.25, -0.2) is 9.97 Å². The average molecular weight is 564 g/mol. The molecule has 1 aromatic carbocycles. The number of H-pyrrole nitrogens is 1. The van der Waals surface area contributed by atoms with Crippen molar-refractivity contribution in [2.75, 3.05) is 63.9 Å². The van der Waals surface area contributed by atoms with Crippen LogP contribution in [0.4, 0.5) is 5.82 Å². The number of thiophene rings is 1. The Labute approximate surface area is 238 Å². The van der Waals surface area contributed by atoms with Crippen LogP contribution in [0, 0.1) is 0 Å². The lowest BCUT2D eigenvalue weighted by Gasteiger charge is -2.34. The zero-order chi connectivity index (χ0) is 27.3. The Morgan fingerprint density at radius 1 is 1.00 bits per heavy atom. The van der Waals surface area contributed by atoms with Gasteiger partial charge in [0, 0.05) is 68.1 Å². The van der Waals surface area contributed by atoms with E-state index >= 15 is 0 Å². The minimum atomic E-state index is -0.688. The second kappa shape index (κ2) is 12.6. The molecule has 2 aliphatic heterocycles. The molecule has 0 spiro atoms. The molecule has 6 rings (SSSR count). The summed E-state index contributed by atoms with van der Waals surface area (Å²) < 4.78 is 6.79. The van der Waals surface area contributed by atoms with Gasteiger partial charge in [-0.15, -0.1) is 11.3 Å². The van der Waals surface area contributed by atoms with Crippen LogP contribution in [0.25, 0.3) is 32.5 Å². The smallest absolute Gasteiger partial charge is 0.303 e. The molecule has 11 heteroatoms. The largest absolute Gasteiger partial charge is 0.481 e. The van der Waals surface area contributed by atoms with Crippen LogP contribution < -0.4 is 4.90 Å². The fraction of sp³-hybridized carbons (Fsp3) is 0.517. The second-order valence-electron chi connectivity index (χ2n) is 10.7. The second-order valence-corrected chi connectivity index (χ2v) is 11.8. The molecule has 0 saturated carbocycles. The van der Waals surface area contributed by atoms with Gasteiger partial charge in [-0.1, -0.05) is 25.0 Å². The summed E-state index contributed by atoms with van der Waals surface area (Å²) in [5, 5.41) is 17.1. The number of nitrogens with one attached hydrogen (secondary N) is 1. The van der Waals surface area contributed by atoms with Gasteiger partial charge in [-0.05, 0) is 31.5 Å². The van der Waals surface area contributed by atoms with Crippen LogP contribution in [0.5, 0.6) is 0 Å². The van der Waals surface area contributed by atoms with Crippen molar-refractivity contribution in [2.45, 2.75) is 38.6 Å². The van der Waals surface area contributed by atoms with Gasteiger partial charge in [0.2, 0.25) is 0 Å². The van der Waals surface area contributed by atoms with E-state index in [9.17, 15) is 4.79 Å². The van der Waals surface area contributed by atoms with Crippen LogP contribution in [0.1, 0.15) is 37.0 Å². The summed E-state index contributed by atoms with van der Waals surface area (Å²) in [5.41, 5.74) is 2.99. The van der Waals surface area contributed by atoms with E-state index in [1.54, 1.807) is 0 Å². The van der Waals surface area contributed by atoms with E-state index in [4.69, 9.17) is 19.8 Å². The van der Waals surface area contributed by atoms with Crippen molar-refractivity contribution < 1.29 is 14.6 Å². The van der Waals surface area contributed by atoms with Gasteiger partial charge in [0.05, 0.1) is 35.1 Å². The van der Waals surface area contributed by atoms with Crippen molar-refractivity contribution in [1.82, 2.24) is 30.0 Å². The van der Waals surface area contributed by atoms with Gasteiger partial charge in [0.25, 0.3) is 0 Å². The third-order valence-corrected chi connectivity index (χ3v) is 9.01. The fourth-order valence-corrected chi connectivity index (χ4v) is 6.83. The molecule has 2 fully saturated rings. The van der Waals surface area contributed by atoms with Crippen molar-refractivity contribution in [3.05, 3.63) is 35.3 Å². The maximum atomic E-state index is 10.7. The van der Waals surface area contributed by atoms with Crippen molar-refractivity contribution in [3.8, 4) is 11.4 Å². The highest BCUT2D eigenvalue weighted by molar-refractivity contribution is 7.19. The minimum absolute atomic E-state index is 0.289. The summed E-state index contributed by atoms with van der Waals surface area (Å²) >= 11 is 1.82. The van der Waals surface area contributed by atoms with Gasteiger partial charge in [0.1, 0.15) is 0 Å². The van der Waals surface area contributed by atoms with E-state index in [1.165, 1.54) is 4.88 Å². The average Bonchev–Trinajstić information content (AvgIpc) is 3.62. The number of carboxylic acids is 1. The van der Waals surface area contributed by atoms with E-state index in [2.05, 4.69) is 37.0 Å². The highest BCUT2D eigenvalue weighted by Gasteiger charge is 2.23. The quantitative estimate of drug-likeness (QED) is 0.259. The monoisotopic (exact) mass is 563 g/mol. The molecule has 0 unspecified atom stereocenters. The number of carboxylic acid groups (broad SMARTS) is 1. The Hall–Kier alpha value is -3.12. The van der Waals surface area contributed by atoms with Crippen LogP contribution in [-0.4, -0.2) is 100 Å². The lowest BCUT2D eigenvalue weighted by molar-refractivity contribution is -0.137. The number of aliphatic carboxylic acids is 1. The number of aromatic nitrogens is 4. The summed E-state index contributed by atoms with van der Waals surface area (Å²) in [4.78, 5) is 29.6. The Kier molecular flexibility index (Phi) is 8.52. The summed E-state index contributed by atoms with van der Waals surface area (Å²) in [6, 6.07) is 8.38. The van der Waals surface area contributed by atoms with Crippen LogP contribution >= 0.6 is 11.3 Å². The van der Waals surface area contributed by atoms with Gasteiger partial charge in [-0.3, -0.25) is 14.8 Å². The predicted octanol–water partition coefficient (Wildman–Crippen LogP) is 4.22. The number of anilines is 1. The van der Waals surface area contributed by atoms with Crippen LogP contribution in [-0.2, 0) is 16.1 Å². The number of fused-ring (bicyclic) bond motifs is 2. The highest BCUT2D eigenvalue weighted by Crippen LogP contribution is 2.36. The lowest BCUT2D eigenvalue weighted by Crippen LogP contribution is -2.45. The normalized spacial score (nSPS) is 17.2.